The number of anilines is 2. The van der Waals surface area contributed by atoms with Crippen LogP contribution in [0.15, 0.2) is 77.4 Å². The number of thiophene rings is 1. The third-order valence-electron chi connectivity index (χ3n) is 6.90. The first-order valence-corrected chi connectivity index (χ1v) is 13.3. The Bertz CT molecular complexity index is 1350. The van der Waals surface area contributed by atoms with Crippen LogP contribution in [-0.2, 0) is 0 Å². The average Bonchev–Trinajstić information content (AvgIpc) is 3.55. The smallest absolute Gasteiger partial charge is 0.387 e. The van der Waals surface area contributed by atoms with Gasteiger partial charge in [-0.3, -0.25) is 9.69 Å². The van der Waals surface area contributed by atoms with Gasteiger partial charge < -0.3 is 19.4 Å². The van der Waals surface area contributed by atoms with Crippen LogP contribution < -0.4 is 15.0 Å². The standard InChI is InChI=1S/C29H29F2N3O3S/c1-19-20(2)38-28(32-27(35)24-9-6-18-36-24)25(19)26(21-10-12-23(13-11-21)37-29(30)31)34-16-14-33(15-17-34)22-7-4-3-5-8-22/h3-13,18,26,29H,14-17H2,1-2H3,(H,32,35). The highest BCUT2D eigenvalue weighted by atomic mass is 32.1. The fourth-order valence-corrected chi connectivity index (χ4v) is 6.00. The number of aryl methyl sites for hydroxylation is 1. The minimum Gasteiger partial charge on any atom is -0.459 e. The van der Waals surface area contributed by atoms with Crippen molar-refractivity contribution in [3.63, 3.8) is 0 Å². The van der Waals surface area contributed by atoms with Gasteiger partial charge in [-0.05, 0) is 61.4 Å². The van der Waals surface area contributed by atoms with Crippen molar-refractivity contribution < 1.29 is 22.7 Å². The molecular formula is C29H29F2N3O3S. The highest BCUT2D eigenvalue weighted by Gasteiger charge is 2.32. The van der Waals surface area contributed by atoms with E-state index in [4.69, 9.17) is 4.42 Å². The SMILES string of the molecule is Cc1sc(NC(=O)c2ccco2)c(C(c2ccc(OC(F)F)cc2)N2CCN(c3ccccc3)CC2)c1C. The highest BCUT2D eigenvalue weighted by Crippen LogP contribution is 2.43. The molecule has 0 saturated carbocycles. The molecule has 0 radical (unpaired) electrons. The van der Waals surface area contributed by atoms with Gasteiger partial charge in [-0.1, -0.05) is 30.3 Å². The molecule has 0 aliphatic carbocycles. The number of para-hydroxylation sites is 1. The van der Waals surface area contributed by atoms with Crippen molar-refractivity contribution in [2.45, 2.75) is 26.5 Å². The van der Waals surface area contributed by atoms with E-state index in [-0.39, 0.29) is 23.5 Å². The van der Waals surface area contributed by atoms with Crippen LogP contribution in [0.4, 0.5) is 19.5 Å². The van der Waals surface area contributed by atoms with Gasteiger partial charge in [-0.2, -0.15) is 8.78 Å². The van der Waals surface area contributed by atoms with Crippen LogP contribution in [0.2, 0.25) is 0 Å². The molecule has 198 valence electrons. The molecule has 9 heteroatoms. The summed E-state index contributed by atoms with van der Waals surface area (Å²) in [5.74, 6) is 0.0352. The second-order valence-corrected chi connectivity index (χ2v) is 10.4. The Morgan fingerprint density at radius 3 is 2.32 bits per heavy atom. The molecule has 1 aliphatic heterocycles. The van der Waals surface area contributed by atoms with Crippen molar-refractivity contribution in [1.82, 2.24) is 4.90 Å². The third kappa shape index (κ3) is 5.58. The van der Waals surface area contributed by atoms with E-state index in [1.54, 1.807) is 24.3 Å². The molecule has 1 N–H and O–H groups in total. The van der Waals surface area contributed by atoms with Crippen LogP contribution in [0, 0.1) is 13.8 Å². The van der Waals surface area contributed by atoms with Crippen LogP contribution in [0.5, 0.6) is 5.75 Å². The first-order chi connectivity index (χ1) is 18.4. The van der Waals surface area contributed by atoms with E-state index in [0.29, 0.717) is 0 Å². The lowest BCUT2D eigenvalue weighted by atomic mass is 9.94. The Morgan fingerprint density at radius 2 is 1.68 bits per heavy atom. The van der Waals surface area contributed by atoms with Crippen LogP contribution >= 0.6 is 11.3 Å². The molecule has 0 spiro atoms. The van der Waals surface area contributed by atoms with E-state index in [1.165, 1.54) is 23.3 Å². The fourth-order valence-electron chi connectivity index (χ4n) is 4.91. The molecule has 4 aromatic rings. The molecule has 1 unspecified atom stereocenters. The minimum absolute atomic E-state index is 0.112. The number of alkyl halides is 2. The van der Waals surface area contributed by atoms with E-state index < -0.39 is 6.61 Å². The van der Waals surface area contributed by atoms with Gasteiger partial charge in [0.1, 0.15) is 10.8 Å². The number of nitrogens with one attached hydrogen (secondary N) is 1. The second kappa shape index (κ2) is 11.4. The van der Waals surface area contributed by atoms with Gasteiger partial charge in [-0.15, -0.1) is 11.3 Å². The number of carbonyl (C=O) groups is 1. The number of ether oxygens (including phenoxy) is 1. The Kier molecular flexibility index (Phi) is 7.76. The number of nitrogens with zero attached hydrogens (tertiary/aromatic N) is 2. The summed E-state index contributed by atoms with van der Waals surface area (Å²) in [6, 6.07) is 20.2. The maximum absolute atomic E-state index is 12.9. The summed E-state index contributed by atoms with van der Waals surface area (Å²) in [4.78, 5) is 18.8. The zero-order valence-corrected chi connectivity index (χ0v) is 22.0. The van der Waals surface area contributed by atoms with Crippen LogP contribution in [-0.4, -0.2) is 43.6 Å². The topological polar surface area (TPSA) is 58.0 Å². The lowest BCUT2D eigenvalue weighted by Crippen LogP contribution is -2.48. The molecule has 1 saturated heterocycles. The van der Waals surface area contributed by atoms with Crippen molar-refractivity contribution in [1.29, 1.82) is 0 Å². The Balaban J connectivity index is 1.49. The number of hydrogen-bond acceptors (Lipinski definition) is 6. The molecule has 1 aliphatic rings. The predicted octanol–water partition coefficient (Wildman–Crippen LogP) is 6.72. The Hall–Kier alpha value is -3.69. The molecule has 2 aromatic carbocycles. The number of benzene rings is 2. The maximum atomic E-state index is 12.9. The van der Waals surface area contributed by atoms with Crippen molar-refractivity contribution >= 4 is 27.9 Å². The number of amides is 1. The van der Waals surface area contributed by atoms with Gasteiger partial charge in [-0.25, -0.2) is 0 Å². The average molecular weight is 538 g/mol. The van der Waals surface area contributed by atoms with Crippen LogP contribution in [0.1, 0.15) is 38.2 Å². The van der Waals surface area contributed by atoms with Gasteiger partial charge in [0.25, 0.3) is 5.91 Å². The minimum atomic E-state index is -2.88. The Morgan fingerprint density at radius 1 is 0.974 bits per heavy atom. The summed E-state index contributed by atoms with van der Waals surface area (Å²) >= 11 is 1.53. The molecule has 6 nitrogen and oxygen atoms in total. The molecule has 5 rings (SSSR count). The van der Waals surface area contributed by atoms with Crippen LogP contribution in [0.3, 0.4) is 0 Å². The van der Waals surface area contributed by atoms with Crippen molar-refractivity contribution in [2.75, 3.05) is 36.4 Å². The molecule has 2 aromatic heterocycles. The number of piperazine rings is 1. The summed E-state index contributed by atoms with van der Waals surface area (Å²) < 4.78 is 35.4. The summed E-state index contributed by atoms with van der Waals surface area (Å²) in [7, 11) is 0. The van der Waals surface area contributed by atoms with Gasteiger partial charge in [0.2, 0.25) is 0 Å². The zero-order valence-electron chi connectivity index (χ0n) is 21.2. The number of carbonyl (C=O) groups excluding carboxylic acids is 1. The van der Waals surface area contributed by atoms with E-state index >= 15 is 0 Å². The van der Waals surface area contributed by atoms with Gasteiger partial charge in [0.05, 0.1) is 12.3 Å². The fraction of sp³-hybridized carbons (Fsp3) is 0.276. The molecule has 38 heavy (non-hydrogen) atoms. The van der Waals surface area contributed by atoms with E-state index in [9.17, 15) is 13.6 Å². The zero-order chi connectivity index (χ0) is 26.6. The monoisotopic (exact) mass is 537 g/mol. The van der Waals surface area contributed by atoms with Gasteiger partial charge in [0.15, 0.2) is 5.76 Å². The predicted molar refractivity (Wildman–Crippen MR) is 146 cm³/mol. The van der Waals surface area contributed by atoms with Gasteiger partial charge >= 0.3 is 6.61 Å². The lowest BCUT2D eigenvalue weighted by Gasteiger charge is -2.41. The number of furan rings is 1. The number of halogens is 2. The molecule has 0 bridgehead atoms. The van der Waals surface area contributed by atoms with Gasteiger partial charge in [0, 0.05) is 42.3 Å². The lowest BCUT2D eigenvalue weighted by molar-refractivity contribution is -0.0498. The van der Waals surface area contributed by atoms with E-state index in [1.807, 2.05) is 37.3 Å². The molecule has 1 atom stereocenters. The molecule has 1 amide bonds. The van der Waals surface area contributed by atoms with E-state index in [2.05, 4.69) is 38.9 Å². The molecule has 1 fully saturated rings. The van der Waals surface area contributed by atoms with Crippen molar-refractivity contribution in [3.8, 4) is 5.75 Å². The summed E-state index contributed by atoms with van der Waals surface area (Å²) in [6.45, 7) is 4.46. The van der Waals surface area contributed by atoms with Crippen LogP contribution in [0.25, 0.3) is 0 Å². The maximum Gasteiger partial charge on any atom is 0.387 e. The largest absolute Gasteiger partial charge is 0.459 e. The Labute approximate surface area is 224 Å². The highest BCUT2D eigenvalue weighted by molar-refractivity contribution is 7.16. The third-order valence-corrected chi connectivity index (χ3v) is 8.04. The van der Waals surface area contributed by atoms with Crippen molar-refractivity contribution in [2.24, 2.45) is 0 Å². The number of hydrogen-bond donors (Lipinski definition) is 1. The second-order valence-electron chi connectivity index (χ2n) is 9.17. The summed E-state index contributed by atoms with van der Waals surface area (Å²) in [6.07, 6.45) is 1.47. The van der Waals surface area contributed by atoms with Crippen molar-refractivity contribution in [3.05, 3.63) is 100 Å². The van der Waals surface area contributed by atoms with E-state index in [0.717, 1.165) is 52.7 Å². The quantitative estimate of drug-likeness (QED) is 0.270. The first kappa shape index (κ1) is 25.9. The summed E-state index contributed by atoms with van der Waals surface area (Å²) in [5, 5.41) is 3.82. The molecular weight excluding hydrogens is 508 g/mol. The summed E-state index contributed by atoms with van der Waals surface area (Å²) in [5.41, 5.74) is 4.22. The first-order valence-electron chi connectivity index (χ1n) is 12.4. The normalized spacial score (nSPS) is 15.0. The molecule has 3 heterocycles. The number of rotatable bonds is 8.